The molecule has 0 spiro atoms. The zero-order valence-corrected chi connectivity index (χ0v) is 15.5. The van der Waals surface area contributed by atoms with Crippen LogP contribution in [-0.2, 0) is 13.0 Å². The van der Waals surface area contributed by atoms with E-state index in [0.29, 0.717) is 37.8 Å². The van der Waals surface area contributed by atoms with Crippen molar-refractivity contribution in [3.63, 3.8) is 0 Å². The van der Waals surface area contributed by atoms with Gasteiger partial charge in [-0.05, 0) is 32.9 Å². The van der Waals surface area contributed by atoms with Gasteiger partial charge in [0.2, 0.25) is 11.7 Å². The summed E-state index contributed by atoms with van der Waals surface area (Å²) in [5.74, 6) is 2.04. The molecule has 0 amide bonds. The summed E-state index contributed by atoms with van der Waals surface area (Å²) in [5.41, 5.74) is 1.33. The summed E-state index contributed by atoms with van der Waals surface area (Å²) in [6.45, 7) is 7.46. The zero-order chi connectivity index (χ0) is 18.6. The summed E-state index contributed by atoms with van der Waals surface area (Å²) < 4.78 is 10.8. The van der Waals surface area contributed by atoms with Crippen LogP contribution in [0.2, 0.25) is 0 Å². The minimum absolute atomic E-state index is 0.520. The van der Waals surface area contributed by atoms with Crippen LogP contribution in [0.1, 0.15) is 31.1 Å². The number of hydrogen-bond donors (Lipinski definition) is 1. The van der Waals surface area contributed by atoms with Gasteiger partial charge >= 0.3 is 0 Å². The maximum Gasteiger partial charge on any atom is 0.228 e. The number of furan rings is 1. The highest BCUT2D eigenvalue weighted by atomic mass is 16.5. The Labute approximate surface area is 153 Å². The number of hydrogen-bond acceptors (Lipinski definition) is 6. The van der Waals surface area contributed by atoms with Crippen molar-refractivity contribution in [3.05, 3.63) is 59.9 Å². The third-order valence-corrected chi connectivity index (χ3v) is 3.99. The smallest absolute Gasteiger partial charge is 0.228 e. The summed E-state index contributed by atoms with van der Waals surface area (Å²) in [6.07, 6.45) is 2.26. The van der Waals surface area contributed by atoms with Crippen LogP contribution in [0, 0.1) is 6.92 Å². The molecule has 0 aliphatic carbocycles. The maximum atomic E-state index is 10.2. The predicted octanol–water partition coefficient (Wildman–Crippen LogP) is 3.45. The van der Waals surface area contributed by atoms with Gasteiger partial charge in [0.05, 0.1) is 18.4 Å². The Hall–Kier alpha value is -2.44. The van der Waals surface area contributed by atoms with E-state index >= 15 is 0 Å². The molecule has 6 nitrogen and oxygen atoms in total. The molecule has 3 rings (SSSR count). The highest BCUT2D eigenvalue weighted by Crippen LogP contribution is 2.17. The third kappa shape index (κ3) is 5.28. The van der Waals surface area contributed by atoms with Crippen LogP contribution in [0.5, 0.6) is 0 Å². The van der Waals surface area contributed by atoms with E-state index in [1.54, 1.807) is 20.1 Å². The van der Waals surface area contributed by atoms with E-state index in [1.165, 1.54) is 5.56 Å². The highest BCUT2D eigenvalue weighted by Gasteiger charge is 2.20. The molecule has 1 aromatic carbocycles. The van der Waals surface area contributed by atoms with E-state index in [-0.39, 0.29) is 0 Å². The summed E-state index contributed by atoms with van der Waals surface area (Å²) in [7, 11) is 0. The number of benzene rings is 1. The van der Waals surface area contributed by atoms with Crippen molar-refractivity contribution in [2.45, 2.75) is 39.3 Å². The van der Waals surface area contributed by atoms with Crippen molar-refractivity contribution in [2.24, 2.45) is 0 Å². The number of aliphatic hydroxyl groups is 1. The number of aryl methyl sites for hydroxylation is 1. The Bertz CT molecular complexity index is 802. The lowest BCUT2D eigenvalue weighted by Crippen LogP contribution is -2.39. The molecular weight excluding hydrogens is 330 g/mol. The van der Waals surface area contributed by atoms with Crippen molar-refractivity contribution in [3.8, 4) is 11.4 Å². The molecule has 1 N–H and O–H groups in total. The molecule has 0 aliphatic rings. The monoisotopic (exact) mass is 355 g/mol. The number of rotatable bonds is 8. The van der Waals surface area contributed by atoms with E-state index in [1.807, 2.05) is 43.3 Å². The van der Waals surface area contributed by atoms with Crippen LogP contribution < -0.4 is 0 Å². The fraction of sp³-hybridized carbons (Fsp3) is 0.400. The van der Waals surface area contributed by atoms with Crippen LogP contribution in [0.4, 0.5) is 0 Å². The highest BCUT2D eigenvalue weighted by molar-refractivity contribution is 5.54. The largest absolute Gasteiger partial charge is 0.468 e. The normalized spacial score (nSPS) is 12.0. The van der Waals surface area contributed by atoms with Gasteiger partial charge in [-0.3, -0.25) is 4.90 Å². The minimum atomic E-state index is -0.797. The lowest BCUT2D eigenvalue weighted by Gasteiger charge is -2.27. The molecule has 26 heavy (non-hydrogen) atoms. The Balaban J connectivity index is 1.64. The zero-order valence-electron chi connectivity index (χ0n) is 15.5. The molecule has 0 bridgehead atoms. The quantitative estimate of drug-likeness (QED) is 0.667. The van der Waals surface area contributed by atoms with Crippen molar-refractivity contribution in [1.29, 1.82) is 0 Å². The van der Waals surface area contributed by atoms with E-state index in [0.717, 1.165) is 11.3 Å². The van der Waals surface area contributed by atoms with Crippen molar-refractivity contribution in [1.82, 2.24) is 15.0 Å². The SMILES string of the molecule is Cc1ccc(-c2noc(CCN(Cc3ccco3)CC(C)(C)O)n2)cc1. The standard InChI is InChI=1S/C20H25N3O3/c1-15-6-8-16(9-7-15)19-21-18(26-22-19)10-11-23(14-20(2,3)24)13-17-5-4-12-25-17/h4-9,12,24H,10-11,13-14H2,1-3H3. The molecule has 2 heterocycles. The van der Waals surface area contributed by atoms with Gasteiger partial charge in [-0.1, -0.05) is 35.0 Å². The summed E-state index contributed by atoms with van der Waals surface area (Å²) in [4.78, 5) is 6.60. The topological polar surface area (TPSA) is 75.5 Å². The van der Waals surface area contributed by atoms with Gasteiger partial charge in [-0.15, -0.1) is 0 Å². The molecule has 0 fully saturated rings. The Morgan fingerprint density at radius 1 is 1.15 bits per heavy atom. The van der Waals surface area contributed by atoms with Gasteiger partial charge in [0.1, 0.15) is 5.76 Å². The Morgan fingerprint density at radius 2 is 1.92 bits per heavy atom. The van der Waals surface area contributed by atoms with Crippen LogP contribution in [-0.4, -0.2) is 38.8 Å². The van der Waals surface area contributed by atoms with Gasteiger partial charge in [-0.25, -0.2) is 0 Å². The minimum Gasteiger partial charge on any atom is -0.468 e. The Kier molecular flexibility index (Phi) is 5.54. The molecule has 0 saturated carbocycles. The molecule has 6 heteroatoms. The fourth-order valence-corrected chi connectivity index (χ4v) is 2.81. The van der Waals surface area contributed by atoms with Gasteiger partial charge < -0.3 is 14.0 Å². The van der Waals surface area contributed by atoms with Crippen LogP contribution in [0.3, 0.4) is 0 Å². The van der Waals surface area contributed by atoms with Crippen molar-refractivity contribution >= 4 is 0 Å². The van der Waals surface area contributed by atoms with Gasteiger partial charge in [0.15, 0.2) is 0 Å². The molecular formula is C20H25N3O3. The second kappa shape index (κ2) is 7.85. The predicted molar refractivity (Wildman–Crippen MR) is 98.5 cm³/mol. The van der Waals surface area contributed by atoms with E-state index in [2.05, 4.69) is 15.0 Å². The molecule has 0 aliphatic heterocycles. The lowest BCUT2D eigenvalue weighted by molar-refractivity contribution is 0.0311. The average Bonchev–Trinajstić information content (AvgIpc) is 3.23. The molecule has 138 valence electrons. The first kappa shape index (κ1) is 18.4. The second-order valence-electron chi connectivity index (χ2n) is 7.23. The molecule has 3 aromatic rings. The molecule has 0 unspecified atom stereocenters. The van der Waals surface area contributed by atoms with E-state index < -0.39 is 5.60 Å². The maximum absolute atomic E-state index is 10.2. The summed E-state index contributed by atoms with van der Waals surface area (Å²) in [5, 5.41) is 14.2. The Morgan fingerprint density at radius 3 is 2.58 bits per heavy atom. The van der Waals surface area contributed by atoms with Crippen LogP contribution in [0.15, 0.2) is 51.6 Å². The second-order valence-corrected chi connectivity index (χ2v) is 7.23. The third-order valence-electron chi connectivity index (χ3n) is 3.99. The fourth-order valence-electron chi connectivity index (χ4n) is 2.81. The lowest BCUT2D eigenvalue weighted by atomic mass is 10.1. The van der Waals surface area contributed by atoms with Crippen LogP contribution in [0.25, 0.3) is 11.4 Å². The van der Waals surface area contributed by atoms with E-state index in [4.69, 9.17) is 8.94 Å². The van der Waals surface area contributed by atoms with Gasteiger partial charge in [-0.2, -0.15) is 4.98 Å². The van der Waals surface area contributed by atoms with Gasteiger partial charge in [0, 0.05) is 25.1 Å². The first-order valence-electron chi connectivity index (χ1n) is 8.76. The number of aromatic nitrogens is 2. The molecule has 0 saturated heterocycles. The summed E-state index contributed by atoms with van der Waals surface area (Å²) in [6, 6.07) is 11.8. The average molecular weight is 355 g/mol. The first-order chi connectivity index (χ1) is 12.4. The van der Waals surface area contributed by atoms with Crippen molar-refractivity contribution in [2.75, 3.05) is 13.1 Å². The first-order valence-corrected chi connectivity index (χ1v) is 8.76. The summed E-state index contributed by atoms with van der Waals surface area (Å²) >= 11 is 0. The van der Waals surface area contributed by atoms with Crippen molar-refractivity contribution < 1.29 is 14.0 Å². The van der Waals surface area contributed by atoms with E-state index in [9.17, 15) is 5.11 Å². The molecule has 0 radical (unpaired) electrons. The number of nitrogens with zero attached hydrogens (tertiary/aromatic N) is 3. The van der Waals surface area contributed by atoms with Gasteiger partial charge in [0.25, 0.3) is 0 Å². The molecule has 2 aromatic heterocycles. The molecule has 0 atom stereocenters. The van der Waals surface area contributed by atoms with Crippen LogP contribution >= 0.6 is 0 Å².